The fourth-order valence-electron chi connectivity index (χ4n) is 1.69. The van der Waals surface area contributed by atoms with Crippen molar-refractivity contribution in [3.05, 3.63) is 63.4 Å². The molecule has 0 radical (unpaired) electrons. The minimum absolute atomic E-state index is 0.0483. The summed E-state index contributed by atoms with van der Waals surface area (Å²) in [5.41, 5.74) is -0.0218. The van der Waals surface area contributed by atoms with Gasteiger partial charge in [0.1, 0.15) is 5.82 Å². The number of halogens is 3. The summed E-state index contributed by atoms with van der Waals surface area (Å²) < 4.78 is 25.9. The molecule has 0 saturated carbocycles. The number of carboxylic acid groups (broad SMARTS) is 1. The molecule has 0 aliphatic rings. The quantitative estimate of drug-likeness (QED) is 0.904. The SMILES string of the molecule is O=C(O)c1cc(S(=O)Cc2c(F)cccc2Cl)ccc1Cl. The van der Waals surface area contributed by atoms with Gasteiger partial charge in [-0.1, -0.05) is 29.3 Å². The van der Waals surface area contributed by atoms with Gasteiger partial charge in [0.2, 0.25) is 0 Å². The van der Waals surface area contributed by atoms with Gasteiger partial charge in [-0.3, -0.25) is 4.21 Å². The third-order valence-electron chi connectivity index (χ3n) is 2.77. The molecule has 0 aromatic heterocycles. The Kier molecular flexibility index (Phi) is 4.98. The van der Waals surface area contributed by atoms with Crippen LogP contribution in [0.15, 0.2) is 41.3 Å². The molecule has 7 heteroatoms. The Morgan fingerprint density at radius 1 is 1.19 bits per heavy atom. The molecule has 0 aliphatic heterocycles. The van der Waals surface area contributed by atoms with Crippen LogP contribution in [-0.4, -0.2) is 15.3 Å². The molecule has 0 heterocycles. The molecule has 0 fully saturated rings. The topological polar surface area (TPSA) is 54.4 Å². The van der Waals surface area contributed by atoms with Gasteiger partial charge in [-0.25, -0.2) is 9.18 Å². The number of hydrogen-bond donors (Lipinski definition) is 1. The maximum Gasteiger partial charge on any atom is 0.337 e. The molecule has 0 aliphatic carbocycles. The smallest absolute Gasteiger partial charge is 0.337 e. The van der Waals surface area contributed by atoms with Crippen LogP contribution in [0.5, 0.6) is 0 Å². The van der Waals surface area contributed by atoms with E-state index in [1.165, 1.54) is 36.4 Å². The lowest BCUT2D eigenvalue weighted by molar-refractivity contribution is 0.0697. The van der Waals surface area contributed by atoms with Crippen LogP contribution in [0.4, 0.5) is 4.39 Å². The molecule has 0 saturated heterocycles. The molecule has 3 nitrogen and oxygen atoms in total. The van der Waals surface area contributed by atoms with Crippen LogP contribution in [0.3, 0.4) is 0 Å². The first-order valence-electron chi connectivity index (χ1n) is 5.74. The van der Waals surface area contributed by atoms with Gasteiger partial charge >= 0.3 is 5.97 Å². The van der Waals surface area contributed by atoms with E-state index in [0.29, 0.717) is 0 Å². The predicted molar refractivity (Wildman–Crippen MR) is 79.9 cm³/mol. The second-order valence-electron chi connectivity index (χ2n) is 4.14. The Hall–Kier alpha value is -1.43. The summed E-state index contributed by atoms with van der Waals surface area (Å²) in [5.74, 6) is -1.92. The van der Waals surface area contributed by atoms with Crippen LogP contribution in [0.2, 0.25) is 10.0 Å². The largest absolute Gasteiger partial charge is 0.478 e. The van der Waals surface area contributed by atoms with E-state index in [9.17, 15) is 13.4 Å². The Morgan fingerprint density at radius 2 is 1.90 bits per heavy atom. The number of carbonyl (C=O) groups is 1. The Bertz CT molecular complexity index is 714. The molecule has 2 rings (SSSR count). The summed E-state index contributed by atoms with van der Waals surface area (Å²) >= 11 is 11.6. The number of hydrogen-bond acceptors (Lipinski definition) is 2. The van der Waals surface area contributed by atoms with Crippen LogP contribution in [0, 0.1) is 5.82 Å². The zero-order chi connectivity index (χ0) is 15.6. The number of benzene rings is 2. The van der Waals surface area contributed by atoms with Crippen molar-refractivity contribution < 1.29 is 18.5 Å². The molecule has 21 heavy (non-hydrogen) atoms. The van der Waals surface area contributed by atoms with E-state index < -0.39 is 22.6 Å². The number of carboxylic acids is 1. The zero-order valence-electron chi connectivity index (χ0n) is 10.5. The summed E-state index contributed by atoms with van der Waals surface area (Å²) in [6.07, 6.45) is 0. The number of rotatable bonds is 4. The van der Waals surface area contributed by atoms with Gasteiger partial charge in [0, 0.05) is 15.5 Å². The summed E-state index contributed by atoms with van der Waals surface area (Å²) in [4.78, 5) is 11.2. The van der Waals surface area contributed by atoms with Crippen LogP contribution < -0.4 is 0 Å². The second kappa shape index (κ2) is 6.56. The lowest BCUT2D eigenvalue weighted by Crippen LogP contribution is -2.03. The van der Waals surface area contributed by atoms with E-state index in [1.54, 1.807) is 0 Å². The molecule has 0 spiro atoms. The first-order chi connectivity index (χ1) is 9.90. The van der Waals surface area contributed by atoms with Gasteiger partial charge < -0.3 is 5.11 Å². The van der Waals surface area contributed by atoms with Gasteiger partial charge in [0.25, 0.3) is 0 Å². The van der Waals surface area contributed by atoms with Crippen LogP contribution in [-0.2, 0) is 16.6 Å². The first kappa shape index (κ1) is 15.9. The van der Waals surface area contributed by atoms with E-state index in [4.69, 9.17) is 28.3 Å². The lowest BCUT2D eigenvalue weighted by Gasteiger charge is -2.07. The molecule has 0 amide bonds. The molecular weight excluding hydrogens is 338 g/mol. The van der Waals surface area contributed by atoms with E-state index in [1.807, 2.05) is 0 Å². The van der Waals surface area contributed by atoms with E-state index >= 15 is 0 Å². The minimum Gasteiger partial charge on any atom is -0.478 e. The van der Waals surface area contributed by atoms with E-state index in [-0.39, 0.29) is 31.8 Å². The van der Waals surface area contributed by atoms with Gasteiger partial charge in [0.15, 0.2) is 0 Å². The maximum absolute atomic E-state index is 13.7. The fourth-order valence-corrected chi connectivity index (χ4v) is 3.39. The summed E-state index contributed by atoms with van der Waals surface area (Å²) in [6, 6.07) is 8.19. The van der Waals surface area contributed by atoms with Crippen molar-refractivity contribution in [1.82, 2.24) is 0 Å². The highest BCUT2D eigenvalue weighted by Gasteiger charge is 2.15. The van der Waals surface area contributed by atoms with Crippen molar-refractivity contribution in [3.63, 3.8) is 0 Å². The van der Waals surface area contributed by atoms with Crippen molar-refractivity contribution in [2.75, 3.05) is 0 Å². The minimum atomic E-state index is -1.64. The Morgan fingerprint density at radius 3 is 2.52 bits per heavy atom. The van der Waals surface area contributed by atoms with Gasteiger partial charge in [-0.15, -0.1) is 0 Å². The average Bonchev–Trinajstić information content (AvgIpc) is 2.43. The van der Waals surface area contributed by atoms with Crippen molar-refractivity contribution in [1.29, 1.82) is 0 Å². The van der Waals surface area contributed by atoms with Gasteiger partial charge in [0.05, 0.1) is 27.1 Å². The summed E-state index contributed by atoms with van der Waals surface area (Å²) in [6.45, 7) is 0. The predicted octanol–water partition coefficient (Wildman–Crippen LogP) is 4.14. The Labute approximate surface area is 132 Å². The first-order valence-corrected chi connectivity index (χ1v) is 7.81. The summed E-state index contributed by atoms with van der Waals surface area (Å²) in [7, 11) is -1.64. The zero-order valence-corrected chi connectivity index (χ0v) is 12.8. The highest BCUT2D eigenvalue weighted by molar-refractivity contribution is 7.84. The van der Waals surface area contributed by atoms with Crippen molar-refractivity contribution in [2.24, 2.45) is 0 Å². The molecule has 1 N–H and O–H groups in total. The van der Waals surface area contributed by atoms with Gasteiger partial charge in [-0.2, -0.15) is 0 Å². The average molecular weight is 347 g/mol. The van der Waals surface area contributed by atoms with E-state index in [0.717, 1.165) is 0 Å². The standard InChI is InChI=1S/C14H9Cl2FO3S/c15-11-2-1-3-13(17)10(11)7-21(20)8-4-5-12(16)9(6-8)14(18)19/h1-6H,7H2,(H,18,19). The Balaban J connectivity index is 2.33. The van der Waals surface area contributed by atoms with Crippen molar-refractivity contribution in [3.8, 4) is 0 Å². The normalized spacial score (nSPS) is 12.1. The molecular formula is C14H9Cl2FO3S. The highest BCUT2D eigenvalue weighted by Crippen LogP contribution is 2.25. The van der Waals surface area contributed by atoms with Gasteiger partial charge in [-0.05, 0) is 30.3 Å². The maximum atomic E-state index is 13.7. The van der Waals surface area contributed by atoms with Crippen molar-refractivity contribution >= 4 is 40.0 Å². The van der Waals surface area contributed by atoms with Crippen LogP contribution >= 0.6 is 23.2 Å². The molecule has 1 unspecified atom stereocenters. The van der Waals surface area contributed by atoms with E-state index in [2.05, 4.69) is 0 Å². The monoisotopic (exact) mass is 346 g/mol. The number of aromatic carboxylic acids is 1. The second-order valence-corrected chi connectivity index (χ2v) is 6.40. The third-order valence-corrected chi connectivity index (χ3v) is 4.78. The highest BCUT2D eigenvalue weighted by atomic mass is 35.5. The fraction of sp³-hybridized carbons (Fsp3) is 0.0714. The molecule has 2 aromatic rings. The summed E-state index contributed by atoms with van der Waals surface area (Å²) in [5, 5.41) is 9.21. The third kappa shape index (κ3) is 3.61. The van der Waals surface area contributed by atoms with Crippen LogP contribution in [0.25, 0.3) is 0 Å². The molecule has 1 atom stereocenters. The van der Waals surface area contributed by atoms with Crippen LogP contribution in [0.1, 0.15) is 15.9 Å². The molecule has 110 valence electrons. The van der Waals surface area contributed by atoms with Crippen molar-refractivity contribution in [2.45, 2.75) is 10.6 Å². The molecule has 2 aromatic carbocycles. The lowest BCUT2D eigenvalue weighted by atomic mass is 10.2. The molecule has 0 bridgehead atoms.